The molecular weight excluding hydrogens is 252 g/mol. The van der Waals surface area contributed by atoms with Gasteiger partial charge in [-0.1, -0.05) is 0 Å². The molecule has 2 saturated heterocycles. The summed E-state index contributed by atoms with van der Waals surface area (Å²) in [6, 6.07) is 0.548. The molecule has 0 saturated carbocycles. The predicted molar refractivity (Wildman–Crippen MR) is 71.0 cm³/mol. The summed E-state index contributed by atoms with van der Waals surface area (Å²) in [6.07, 6.45) is 5.56. The van der Waals surface area contributed by atoms with Gasteiger partial charge in [-0.05, 0) is 38.1 Å². The van der Waals surface area contributed by atoms with Crippen LogP contribution in [0.3, 0.4) is 0 Å². The molecule has 0 aromatic heterocycles. The fourth-order valence-corrected chi connectivity index (χ4v) is 3.67. The molecule has 106 valence electrons. The topological polar surface area (TPSA) is 58.6 Å². The van der Waals surface area contributed by atoms with Crippen molar-refractivity contribution < 1.29 is 13.2 Å². The zero-order valence-corrected chi connectivity index (χ0v) is 11.9. The minimum atomic E-state index is -3.02. The summed E-state index contributed by atoms with van der Waals surface area (Å²) in [6.45, 7) is 3.98. The number of hydrogen-bond donors (Lipinski definition) is 1. The largest absolute Gasteiger partial charge is 0.381 e. The molecule has 2 fully saturated rings. The maximum absolute atomic E-state index is 11.5. The van der Waals surface area contributed by atoms with Crippen molar-refractivity contribution in [2.45, 2.75) is 31.7 Å². The third-order valence-electron chi connectivity index (χ3n) is 3.87. The van der Waals surface area contributed by atoms with Crippen molar-refractivity contribution in [2.24, 2.45) is 5.92 Å². The van der Waals surface area contributed by atoms with E-state index in [0.717, 1.165) is 45.4 Å². The van der Waals surface area contributed by atoms with Crippen LogP contribution in [0.25, 0.3) is 0 Å². The van der Waals surface area contributed by atoms with Gasteiger partial charge in [-0.25, -0.2) is 12.7 Å². The first-order chi connectivity index (χ1) is 8.55. The lowest BCUT2D eigenvalue weighted by molar-refractivity contribution is 0.0760. The van der Waals surface area contributed by atoms with Crippen LogP contribution >= 0.6 is 0 Å². The molecule has 0 radical (unpaired) electrons. The molecule has 5 nitrogen and oxygen atoms in total. The first-order valence-electron chi connectivity index (χ1n) is 6.82. The van der Waals surface area contributed by atoms with E-state index in [2.05, 4.69) is 5.32 Å². The first-order valence-corrected chi connectivity index (χ1v) is 8.67. The van der Waals surface area contributed by atoms with E-state index in [1.807, 2.05) is 0 Å². The van der Waals surface area contributed by atoms with E-state index in [0.29, 0.717) is 25.0 Å². The van der Waals surface area contributed by atoms with E-state index in [1.165, 1.54) is 6.26 Å². The van der Waals surface area contributed by atoms with Crippen LogP contribution in [0.15, 0.2) is 0 Å². The van der Waals surface area contributed by atoms with Gasteiger partial charge in [0, 0.05) is 32.3 Å². The minimum Gasteiger partial charge on any atom is -0.381 e. The molecule has 18 heavy (non-hydrogen) atoms. The minimum absolute atomic E-state index is 0.455. The zero-order valence-electron chi connectivity index (χ0n) is 11.1. The van der Waals surface area contributed by atoms with Gasteiger partial charge >= 0.3 is 0 Å². The number of sulfonamides is 1. The Bertz CT molecular complexity index is 352. The molecule has 1 atom stereocenters. The van der Waals surface area contributed by atoms with Crippen LogP contribution < -0.4 is 5.32 Å². The van der Waals surface area contributed by atoms with Gasteiger partial charge in [-0.3, -0.25) is 0 Å². The zero-order chi connectivity index (χ0) is 13.0. The molecule has 1 unspecified atom stereocenters. The summed E-state index contributed by atoms with van der Waals surface area (Å²) in [5.41, 5.74) is 0. The van der Waals surface area contributed by atoms with Crippen molar-refractivity contribution >= 4 is 10.0 Å². The van der Waals surface area contributed by atoms with Gasteiger partial charge in [0.25, 0.3) is 0 Å². The van der Waals surface area contributed by atoms with E-state index in [-0.39, 0.29) is 0 Å². The van der Waals surface area contributed by atoms with Gasteiger partial charge in [0.15, 0.2) is 0 Å². The second kappa shape index (κ2) is 6.32. The second-order valence-corrected chi connectivity index (χ2v) is 7.41. The fourth-order valence-electron chi connectivity index (χ4n) is 2.73. The molecule has 0 spiro atoms. The SMILES string of the molecule is CS(=O)(=O)N1CCCC(CNC2CCOCC2)C1. The Morgan fingerprint density at radius 1 is 1.28 bits per heavy atom. The summed E-state index contributed by atoms with van der Waals surface area (Å²) in [5, 5.41) is 3.56. The highest BCUT2D eigenvalue weighted by molar-refractivity contribution is 7.88. The van der Waals surface area contributed by atoms with E-state index < -0.39 is 10.0 Å². The summed E-state index contributed by atoms with van der Waals surface area (Å²) >= 11 is 0. The van der Waals surface area contributed by atoms with Crippen molar-refractivity contribution in [3.8, 4) is 0 Å². The van der Waals surface area contributed by atoms with Crippen LogP contribution in [0.4, 0.5) is 0 Å². The maximum atomic E-state index is 11.5. The maximum Gasteiger partial charge on any atom is 0.211 e. The Morgan fingerprint density at radius 2 is 2.00 bits per heavy atom. The Morgan fingerprint density at radius 3 is 2.67 bits per heavy atom. The molecule has 2 aliphatic heterocycles. The van der Waals surface area contributed by atoms with Crippen LogP contribution in [0.5, 0.6) is 0 Å². The van der Waals surface area contributed by atoms with Crippen molar-refractivity contribution in [2.75, 3.05) is 39.1 Å². The predicted octanol–water partition coefficient (Wildman–Crippen LogP) is 0.427. The van der Waals surface area contributed by atoms with Crippen LogP contribution in [-0.2, 0) is 14.8 Å². The third kappa shape index (κ3) is 4.19. The Labute approximate surface area is 110 Å². The van der Waals surface area contributed by atoms with Crippen LogP contribution in [0, 0.1) is 5.92 Å². The lowest BCUT2D eigenvalue weighted by Gasteiger charge is -2.32. The molecule has 2 rings (SSSR count). The highest BCUT2D eigenvalue weighted by atomic mass is 32.2. The standard InChI is InChI=1S/C12H24N2O3S/c1-18(15,16)14-6-2-3-11(10-14)9-13-12-4-7-17-8-5-12/h11-13H,2-10H2,1H3. The van der Waals surface area contributed by atoms with Gasteiger partial charge in [-0.15, -0.1) is 0 Å². The molecular formula is C12H24N2O3S. The van der Waals surface area contributed by atoms with E-state index in [9.17, 15) is 8.42 Å². The molecule has 0 aliphatic carbocycles. The van der Waals surface area contributed by atoms with Crippen molar-refractivity contribution in [1.29, 1.82) is 0 Å². The normalized spacial score (nSPS) is 28.4. The third-order valence-corrected chi connectivity index (χ3v) is 5.14. The van der Waals surface area contributed by atoms with Crippen molar-refractivity contribution in [1.82, 2.24) is 9.62 Å². The van der Waals surface area contributed by atoms with Gasteiger partial charge in [0.2, 0.25) is 10.0 Å². The molecule has 0 aromatic rings. The molecule has 0 bridgehead atoms. The Hall–Kier alpha value is -0.170. The van der Waals surface area contributed by atoms with Gasteiger partial charge in [-0.2, -0.15) is 0 Å². The summed E-state index contributed by atoms with van der Waals surface area (Å²) in [7, 11) is -3.02. The fraction of sp³-hybridized carbons (Fsp3) is 1.00. The summed E-state index contributed by atoms with van der Waals surface area (Å²) < 4.78 is 30.0. The number of nitrogens with one attached hydrogen (secondary N) is 1. The number of ether oxygens (including phenoxy) is 1. The summed E-state index contributed by atoms with van der Waals surface area (Å²) in [4.78, 5) is 0. The van der Waals surface area contributed by atoms with Gasteiger partial charge < -0.3 is 10.1 Å². The van der Waals surface area contributed by atoms with Crippen molar-refractivity contribution in [3.63, 3.8) is 0 Å². The number of hydrogen-bond acceptors (Lipinski definition) is 4. The molecule has 6 heteroatoms. The average molecular weight is 276 g/mol. The average Bonchev–Trinajstić information content (AvgIpc) is 2.37. The Balaban J connectivity index is 1.75. The number of piperidine rings is 1. The number of rotatable bonds is 4. The monoisotopic (exact) mass is 276 g/mol. The molecule has 0 amide bonds. The van der Waals surface area contributed by atoms with Crippen molar-refractivity contribution in [3.05, 3.63) is 0 Å². The van der Waals surface area contributed by atoms with Gasteiger partial charge in [0.1, 0.15) is 0 Å². The quantitative estimate of drug-likeness (QED) is 0.809. The van der Waals surface area contributed by atoms with Crippen LogP contribution in [0.1, 0.15) is 25.7 Å². The Kier molecular flexibility index (Phi) is 5.00. The number of nitrogens with zero attached hydrogens (tertiary/aromatic N) is 1. The van der Waals surface area contributed by atoms with E-state index >= 15 is 0 Å². The smallest absolute Gasteiger partial charge is 0.211 e. The highest BCUT2D eigenvalue weighted by Gasteiger charge is 2.26. The molecule has 2 heterocycles. The lowest BCUT2D eigenvalue weighted by Crippen LogP contribution is -2.45. The molecule has 0 aromatic carbocycles. The highest BCUT2D eigenvalue weighted by Crippen LogP contribution is 2.18. The molecule has 1 N–H and O–H groups in total. The first kappa shape index (κ1) is 14.2. The second-order valence-electron chi connectivity index (χ2n) is 5.42. The summed E-state index contributed by atoms with van der Waals surface area (Å²) in [5.74, 6) is 0.455. The van der Waals surface area contributed by atoms with E-state index in [1.54, 1.807) is 4.31 Å². The van der Waals surface area contributed by atoms with Crippen LogP contribution in [-0.4, -0.2) is 57.9 Å². The van der Waals surface area contributed by atoms with Crippen LogP contribution in [0.2, 0.25) is 0 Å². The van der Waals surface area contributed by atoms with Gasteiger partial charge in [0.05, 0.1) is 6.26 Å². The molecule has 2 aliphatic rings. The lowest BCUT2D eigenvalue weighted by atomic mass is 9.98. The van der Waals surface area contributed by atoms with E-state index in [4.69, 9.17) is 4.74 Å².